The van der Waals surface area contributed by atoms with Gasteiger partial charge in [-0.3, -0.25) is 4.40 Å². The van der Waals surface area contributed by atoms with Gasteiger partial charge in [-0.1, -0.05) is 36.4 Å². The number of fused-ring (bicyclic) bond motifs is 2. The van der Waals surface area contributed by atoms with Gasteiger partial charge in [0.25, 0.3) is 0 Å². The van der Waals surface area contributed by atoms with Gasteiger partial charge < -0.3 is 4.57 Å². The number of hydrogen-bond acceptors (Lipinski definition) is 2. The zero-order valence-electron chi connectivity index (χ0n) is 12.7. The minimum atomic E-state index is -0.229. The summed E-state index contributed by atoms with van der Waals surface area (Å²) in [5.41, 5.74) is 3.19. The Morgan fingerprint density at radius 3 is 2.42 bits per heavy atom. The highest BCUT2D eigenvalue weighted by molar-refractivity contribution is 6.08. The molecule has 5 heteroatoms. The lowest BCUT2D eigenvalue weighted by molar-refractivity contribution is 0.626. The second-order valence-electron chi connectivity index (χ2n) is 5.87. The lowest BCUT2D eigenvalue weighted by Gasteiger charge is -2.16. The largest absolute Gasteiger partial charge is 0.305 e. The van der Waals surface area contributed by atoms with Gasteiger partial charge in [0.1, 0.15) is 12.1 Å². The summed E-state index contributed by atoms with van der Waals surface area (Å²) < 4.78 is 17.3. The third-order valence-corrected chi connectivity index (χ3v) is 4.44. The van der Waals surface area contributed by atoms with Crippen LogP contribution in [0.2, 0.25) is 0 Å². The van der Waals surface area contributed by atoms with Crippen molar-refractivity contribution in [3.63, 3.8) is 0 Å². The van der Waals surface area contributed by atoms with Gasteiger partial charge in [0.2, 0.25) is 5.78 Å². The molecule has 2 heterocycles. The first-order valence-corrected chi connectivity index (χ1v) is 7.75. The zero-order valence-corrected chi connectivity index (χ0v) is 12.7. The molecule has 5 rings (SSSR count). The van der Waals surface area contributed by atoms with Crippen molar-refractivity contribution in [1.29, 1.82) is 0 Å². The van der Waals surface area contributed by atoms with Crippen LogP contribution in [0.5, 0.6) is 0 Å². The Labute approximate surface area is 136 Å². The summed E-state index contributed by atoms with van der Waals surface area (Å²) in [5.74, 6) is 0.540. The highest BCUT2D eigenvalue weighted by atomic mass is 19.1. The van der Waals surface area contributed by atoms with Crippen LogP contribution in [0.25, 0.3) is 27.6 Å². The van der Waals surface area contributed by atoms with Gasteiger partial charge in [-0.05, 0) is 35.2 Å². The van der Waals surface area contributed by atoms with Crippen LogP contribution in [0.1, 0.15) is 5.56 Å². The Morgan fingerprint density at radius 2 is 1.62 bits per heavy atom. The van der Waals surface area contributed by atoms with E-state index in [-0.39, 0.29) is 5.82 Å². The summed E-state index contributed by atoms with van der Waals surface area (Å²) in [7, 11) is 0. The van der Waals surface area contributed by atoms with E-state index in [1.54, 1.807) is 18.5 Å². The van der Waals surface area contributed by atoms with E-state index in [4.69, 9.17) is 0 Å². The predicted octanol–water partition coefficient (Wildman–Crippen LogP) is 4.02. The van der Waals surface area contributed by atoms with E-state index in [9.17, 15) is 4.39 Å². The summed E-state index contributed by atoms with van der Waals surface area (Å²) in [6.45, 7) is 0.604. The van der Waals surface area contributed by atoms with Crippen molar-refractivity contribution in [2.45, 2.75) is 6.54 Å². The Morgan fingerprint density at radius 1 is 0.875 bits per heavy atom. The number of halogens is 1. The van der Waals surface area contributed by atoms with E-state index in [0.29, 0.717) is 6.54 Å². The highest BCUT2D eigenvalue weighted by Gasteiger charge is 2.13. The van der Waals surface area contributed by atoms with Gasteiger partial charge in [0.05, 0.1) is 17.6 Å². The standard InChI is InChI=1S/C19H13FN4/c20-15-9-7-13(8-10-15)11-23-16-5-1-3-14-4-2-6-17(18(14)16)24-12-21-22-19(23)24/h1-10,12H,11H2. The molecule has 0 spiro atoms. The molecule has 2 aromatic heterocycles. The van der Waals surface area contributed by atoms with Crippen LogP contribution < -0.4 is 0 Å². The molecule has 0 fully saturated rings. The Balaban J connectivity index is 1.87. The van der Waals surface area contributed by atoms with Crippen LogP contribution in [0.3, 0.4) is 0 Å². The van der Waals surface area contributed by atoms with Crippen LogP contribution in [-0.2, 0) is 6.54 Å². The van der Waals surface area contributed by atoms with E-state index < -0.39 is 0 Å². The number of hydrogen-bond donors (Lipinski definition) is 0. The number of aromatic nitrogens is 4. The minimum absolute atomic E-state index is 0.229. The molecule has 0 atom stereocenters. The third kappa shape index (κ3) is 1.84. The van der Waals surface area contributed by atoms with Crippen LogP contribution in [0, 0.1) is 5.82 Å². The molecule has 0 aliphatic rings. The molecule has 0 aliphatic carbocycles. The SMILES string of the molecule is Fc1ccc(Cn2c3cccc4cccc(c43)n3cnnc23)cc1. The molecule has 24 heavy (non-hydrogen) atoms. The first kappa shape index (κ1) is 13.2. The van der Waals surface area contributed by atoms with Gasteiger partial charge in [0.15, 0.2) is 0 Å². The summed E-state index contributed by atoms with van der Waals surface area (Å²) in [6.07, 6.45) is 1.73. The molecule has 0 saturated carbocycles. The van der Waals surface area contributed by atoms with Gasteiger partial charge in [-0.25, -0.2) is 4.39 Å². The second kappa shape index (κ2) is 4.89. The van der Waals surface area contributed by atoms with Crippen molar-refractivity contribution in [2.24, 2.45) is 0 Å². The summed E-state index contributed by atoms with van der Waals surface area (Å²) in [5, 5.41) is 10.7. The number of benzene rings is 3. The molecule has 3 aromatic carbocycles. The van der Waals surface area contributed by atoms with Gasteiger partial charge in [-0.2, -0.15) is 0 Å². The first-order chi connectivity index (χ1) is 11.8. The fourth-order valence-electron chi connectivity index (χ4n) is 3.35. The summed E-state index contributed by atoms with van der Waals surface area (Å²) in [4.78, 5) is 0. The molecule has 5 aromatic rings. The zero-order chi connectivity index (χ0) is 16.1. The average molecular weight is 316 g/mol. The van der Waals surface area contributed by atoms with E-state index in [2.05, 4.69) is 39.0 Å². The van der Waals surface area contributed by atoms with E-state index in [1.807, 2.05) is 16.5 Å². The predicted molar refractivity (Wildman–Crippen MR) is 91.5 cm³/mol. The number of rotatable bonds is 2. The molecule has 0 bridgehead atoms. The molecular weight excluding hydrogens is 303 g/mol. The molecule has 0 radical (unpaired) electrons. The molecule has 0 unspecified atom stereocenters. The minimum Gasteiger partial charge on any atom is -0.305 e. The lowest BCUT2D eigenvalue weighted by Crippen LogP contribution is -2.08. The van der Waals surface area contributed by atoms with Gasteiger partial charge in [0, 0.05) is 5.39 Å². The maximum Gasteiger partial charge on any atom is 0.236 e. The molecule has 116 valence electrons. The summed E-state index contributed by atoms with van der Waals surface area (Å²) >= 11 is 0. The van der Waals surface area contributed by atoms with Crippen LogP contribution in [0.4, 0.5) is 4.39 Å². The van der Waals surface area contributed by atoms with Crippen molar-refractivity contribution in [3.8, 4) is 0 Å². The Kier molecular flexibility index (Phi) is 2.70. The van der Waals surface area contributed by atoms with Crippen LogP contribution in [-0.4, -0.2) is 19.2 Å². The highest BCUT2D eigenvalue weighted by Crippen LogP contribution is 2.28. The average Bonchev–Trinajstić information content (AvgIpc) is 3.10. The van der Waals surface area contributed by atoms with Crippen molar-refractivity contribution >= 4 is 27.6 Å². The topological polar surface area (TPSA) is 35.1 Å². The normalized spacial score (nSPS) is 11.7. The van der Waals surface area contributed by atoms with Gasteiger partial charge in [-0.15, -0.1) is 10.2 Å². The third-order valence-electron chi connectivity index (χ3n) is 4.44. The maximum absolute atomic E-state index is 13.2. The fraction of sp³-hybridized carbons (Fsp3) is 0.0526. The fourth-order valence-corrected chi connectivity index (χ4v) is 3.35. The van der Waals surface area contributed by atoms with E-state index in [0.717, 1.165) is 22.4 Å². The maximum atomic E-state index is 13.2. The molecule has 0 amide bonds. The quantitative estimate of drug-likeness (QED) is 0.493. The summed E-state index contributed by atoms with van der Waals surface area (Å²) in [6, 6.07) is 19.0. The smallest absolute Gasteiger partial charge is 0.236 e. The molecule has 0 saturated heterocycles. The van der Waals surface area contributed by atoms with Crippen molar-refractivity contribution < 1.29 is 4.39 Å². The molecule has 0 N–H and O–H groups in total. The van der Waals surface area contributed by atoms with Crippen molar-refractivity contribution in [1.82, 2.24) is 19.2 Å². The van der Waals surface area contributed by atoms with Crippen LogP contribution >= 0.6 is 0 Å². The molecule has 4 nitrogen and oxygen atoms in total. The number of nitrogens with zero attached hydrogens (tertiary/aromatic N) is 4. The van der Waals surface area contributed by atoms with E-state index >= 15 is 0 Å². The Bertz CT molecular complexity index is 1180. The van der Waals surface area contributed by atoms with Crippen molar-refractivity contribution in [2.75, 3.05) is 0 Å². The Hall–Kier alpha value is -3.21. The second-order valence-corrected chi connectivity index (χ2v) is 5.87. The first-order valence-electron chi connectivity index (χ1n) is 7.75. The molecule has 0 aliphatic heterocycles. The van der Waals surface area contributed by atoms with Crippen molar-refractivity contribution in [3.05, 3.63) is 78.4 Å². The monoisotopic (exact) mass is 316 g/mol. The van der Waals surface area contributed by atoms with Gasteiger partial charge >= 0.3 is 0 Å². The lowest BCUT2D eigenvalue weighted by atomic mass is 10.1. The van der Waals surface area contributed by atoms with E-state index in [1.165, 1.54) is 22.9 Å². The van der Waals surface area contributed by atoms with Crippen LogP contribution in [0.15, 0.2) is 67.0 Å². The molecular formula is C19H13FN4.